The molecule has 0 radical (unpaired) electrons. The number of aromatic nitrogens is 1. The molecule has 0 saturated heterocycles. The predicted octanol–water partition coefficient (Wildman–Crippen LogP) is 2.10. The molecule has 1 heterocycles. The number of hydrogen-bond donors (Lipinski definition) is 0. The van der Waals surface area contributed by atoms with E-state index in [2.05, 4.69) is 12.1 Å². The van der Waals surface area contributed by atoms with E-state index >= 15 is 0 Å². The third-order valence-corrected chi connectivity index (χ3v) is 2.15. The lowest BCUT2D eigenvalue weighted by atomic mass is 10.4. The van der Waals surface area contributed by atoms with E-state index in [1.54, 1.807) is 18.0 Å². The van der Waals surface area contributed by atoms with Gasteiger partial charge in [-0.3, -0.25) is 0 Å². The molecule has 3 heteroatoms. The molecule has 1 atom stereocenters. The molecule has 0 spiro atoms. The van der Waals surface area contributed by atoms with Gasteiger partial charge in [0.15, 0.2) is 0 Å². The van der Waals surface area contributed by atoms with Gasteiger partial charge in [-0.2, -0.15) is 11.8 Å². The SMILES string of the molecule is CSC(C)c1ccno1. The first-order valence-corrected chi connectivity index (χ1v) is 4.06. The van der Waals surface area contributed by atoms with Gasteiger partial charge in [-0.1, -0.05) is 5.16 Å². The topological polar surface area (TPSA) is 26.0 Å². The molecule has 2 nitrogen and oxygen atoms in total. The van der Waals surface area contributed by atoms with E-state index in [9.17, 15) is 0 Å². The zero-order chi connectivity index (χ0) is 6.69. The zero-order valence-corrected chi connectivity index (χ0v) is 6.31. The van der Waals surface area contributed by atoms with Gasteiger partial charge in [0.1, 0.15) is 5.76 Å². The first-order valence-electron chi connectivity index (χ1n) is 2.78. The Balaban J connectivity index is 2.65. The van der Waals surface area contributed by atoms with Gasteiger partial charge in [0, 0.05) is 6.07 Å². The Morgan fingerprint density at radius 2 is 2.56 bits per heavy atom. The van der Waals surface area contributed by atoms with Gasteiger partial charge in [0.05, 0.1) is 11.4 Å². The lowest BCUT2D eigenvalue weighted by Crippen LogP contribution is -1.81. The summed E-state index contributed by atoms with van der Waals surface area (Å²) in [6.45, 7) is 2.09. The fourth-order valence-electron chi connectivity index (χ4n) is 0.551. The molecule has 1 unspecified atom stereocenters. The lowest BCUT2D eigenvalue weighted by molar-refractivity contribution is 0.385. The average molecular weight is 143 g/mol. The molecule has 0 N–H and O–H groups in total. The monoisotopic (exact) mass is 143 g/mol. The molecule has 0 aliphatic carbocycles. The number of hydrogen-bond acceptors (Lipinski definition) is 3. The highest BCUT2D eigenvalue weighted by atomic mass is 32.2. The Labute approximate surface area is 58.6 Å². The van der Waals surface area contributed by atoms with Gasteiger partial charge in [0.2, 0.25) is 0 Å². The van der Waals surface area contributed by atoms with E-state index in [0.717, 1.165) is 5.76 Å². The number of thioether (sulfide) groups is 1. The van der Waals surface area contributed by atoms with Crippen molar-refractivity contribution in [2.45, 2.75) is 12.2 Å². The Kier molecular flexibility index (Phi) is 2.16. The third-order valence-electron chi connectivity index (χ3n) is 1.21. The minimum atomic E-state index is 0.424. The summed E-state index contributed by atoms with van der Waals surface area (Å²) < 4.78 is 4.92. The third kappa shape index (κ3) is 1.48. The van der Waals surface area contributed by atoms with Crippen LogP contribution >= 0.6 is 11.8 Å². The van der Waals surface area contributed by atoms with Gasteiger partial charge in [-0.25, -0.2) is 0 Å². The minimum absolute atomic E-state index is 0.424. The van der Waals surface area contributed by atoms with Gasteiger partial charge < -0.3 is 4.52 Å². The predicted molar refractivity (Wildman–Crippen MR) is 38.4 cm³/mol. The maximum Gasteiger partial charge on any atom is 0.149 e. The van der Waals surface area contributed by atoms with E-state index in [1.807, 2.05) is 12.3 Å². The summed E-state index contributed by atoms with van der Waals surface area (Å²) in [5.41, 5.74) is 0. The van der Waals surface area contributed by atoms with Gasteiger partial charge in [-0.15, -0.1) is 0 Å². The Bertz CT molecular complexity index is 162. The van der Waals surface area contributed by atoms with Crippen molar-refractivity contribution in [3.8, 4) is 0 Å². The van der Waals surface area contributed by atoms with E-state index in [0.29, 0.717) is 5.25 Å². The van der Waals surface area contributed by atoms with Crippen LogP contribution in [0.3, 0.4) is 0 Å². The van der Waals surface area contributed by atoms with Gasteiger partial charge in [-0.05, 0) is 13.2 Å². The molecule has 0 saturated carbocycles. The molecular weight excluding hydrogens is 134 g/mol. The van der Waals surface area contributed by atoms with Crippen LogP contribution < -0.4 is 0 Å². The van der Waals surface area contributed by atoms with Crippen LogP contribution in [0.2, 0.25) is 0 Å². The van der Waals surface area contributed by atoms with Gasteiger partial charge in [0.25, 0.3) is 0 Å². The van der Waals surface area contributed by atoms with Crippen LogP contribution in [0.4, 0.5) is 0 Å². The molecule has 50 valence electrons. The first kappa shape index (κ1) is 6.68. The number of rotatable bonds is 2. The largest absolute Gasteiger partial charge is 0.360 e. The van der Waals surface area contributed by atoms with Crippen LogP contribution in [0.5, 0.6) is 0 Å². The molecular formula is C6H9NOS. The summed E-state index contributed by atoms with van der Waals surface area (Å²) in [5.74, 6) is 0.947. The van der Waals surface area contributed by atoms with Crippen LogP contribution in [0.1, 0.15) is 17.9 Å². The van der Waals surface area contributed by atoms with Crippen LogP contribution in [0.15, 0.2) is 16.8 Å². The molecule has 1 aromatic heterocycles. The standard InChI is InChI=1S/C6H9NOS/c1-5(9-2)6-3-4-7-8-6/h3-5H,1-2H3. The molecule has 0 aliphatic heterocycles. The van der Waals surface area contributed by atoms with Crippen molar-refractivity contribution < 1.29 is 4.52 Å². The van der Waals surface area contributed by atoms with Crippen molar-refractivity contribution in [3.63, 3.8) is 0 Å². The first-order chi connectivity index (χ1) is 4.34. The lowest BCUT2D eigenvalue weighted by Gasteiger charge is -1.99. The quantitative estimate of drug-likeness (QED) is 0.634. The molecule has 0 fully saturated rings. The highest BCUT2D eigenvalue weighted by Crippen LogP contribution is 2.24. The van der Waals surface area contributed by atoms with Crippen molar-refractivity contribution in [2.75, 3.05) is 6.26 Å². The van der Waals surface area contributed by atoms with Crippen molar-refractivity contribution >= 4 is 11.8 Å². The van der Waals surface area contributed by atoms with E-state index in [1.165, 1.54) is 0 Å². The summed E-state index contributed by atoms with van der Waals surface area (Å²) in [4.78, 5) is 0. The second kappa shape index (κ2) is 2.92. The Hall–Kier alpha value is -0.440. The fraction of sp³-hybridized carbons (Fsp3) is 0.500. The molecule has 0 aliphatic rings. The summed E-state index contributed by atoms with van der Waals surface area (Å²) in [6.07, 6.45) is 3.72. The molecule has 9 heavy (non-hydrogen) atoms. The molecule has 0 aromatic carbocycles. The normalized spacial score (nSPS) is 13.6. The van der Waals surface area contributed by atoms with Crippen molar-refractivity contribution in [3.05, 3.63) is 18.0 Å². The fourth-order valence-corrected chi connectivity index (χ4v) is 0.905. The van der Waals surface area contributed by atoms with Crippen molar-refractivity contribution in [1.29, 1.82) is 0 Å². The molecule has 0 bridgehead atoms. The maximum absolute atomic E-state index is 4.92. The maximum atomic E-state index is 4.92. The summed E-state index contributed by atoms with van der Waals surface area (Å²) in [5, 5.41) is 4.03. The van der Waals surface area contributed by atoms with Gasteiger partial charge >= 0.3 is 0 Å². The second-order valence-corrected chi connectivity index (χ2v) is 2.97. The van der Waals surface area contributed by atoms with Crippen LogP contribution in [0.25, 0.3) is 0 Å². The van der Waals surface area contributed by atoms with E-state index in [4.69, 9.17) is 4.52 Å². The summed E-state index contributed by atoms with van der Waals surface area (Å²) in [7, 11) is 0. The summed E-state index contributed by atoms with van der Waals surface area (Å²) >= 11 is 1.75. The zero-order valence-electron chi connectivity index (χ0n) is 5.50. The molecule has 1 aromatic rings. The Morgan fingerprint density at radius 1 is 1.78 bits per heavy atom. The molecule has 0 amide bonds. The Morgan fingerprint density at radius 3 is 3.00 bits per heavy atom. The minimum Gasteiger partial charge on any atom is -0.360 e. The van der Waals surface area contributed by atoms with Crippen LogP contribution in [-0.4, -0.2) is 11.4 Å². The highest BCUT2D eigenvalue weighted by Gasteiger charge is 2.05. The van der Waals surface area contributed by atoms with Crippen molar-refractivity contribution in [1.82, 2.24) is 5.16 Å². The van der Waals surface area contributed by atoms with Crippen LogP contribution in [-0.2, 0) is 0 Å². The number of nitrogens with zero attached hydrogens (tertiary/aromatic N) is 1. The second-order valence-electron chi connectivity index (χ2n) is 1.79. The smallest absolute Gasteiger partial charge is 0.149 e. The van der Waals surface area contributed by atoms with E-state index < -0.39 is 0 Å². The van der Waals surface area contributed by atoms with Crippen LogP contribution in [0, 0.1) is 0 Å². The molecule has 1 rings (SSSR count). The highest BCUT2D eigenvalue weighted by molar-refractivity contribution is 7.98. The summed E-state index contributed by atoms with van der Waals surface area (Å²) in [6, 6.07) is 1.89. The van der Waals surface area contributed by atoms with Crippen molar-refractivity contribution in [2.24, 2.45) is 0 Å². The average Bonchev–Trinajstić information content (AvgIpc) is 2.37. The van der Waals surface area contributed by atoms with E-state index in [-0.39, 0.29) is 0 Å².